The van der Waals surface area contributed by atoms with Gasteiger partial charge in [-0.3, -0.25) is 9.78 Å². The number of aryl methyl sites for hydroxylation is 2. The number of carbonyl (C=O) groups excluding carboxylic acids is 1. The summed E-state index contributed by atoms with van der Waals surface area (Å²) in [5.74, 6) is 0.673. The fraction of sp³-hybridized carbons (Fsp3) is 0.273. The first-order valence-corrected chi connectivity index (χ1v) is 9.00. The summed E-state index contributed by atoms with van der Waals surface area (Å²) in [4.78, 5) is 17.5. The number of aromatic hydroxyl groups is 1. The Morgan fingerprint density at radius 2 is 1.93 bits per heavy atom. The summed E-state index contributed by atoms with van der Waals surface area (Å²) in [6.07, 6.45) is 1.66. The lowest BCUT2D eigenvalue weighted by atomic mass is 9.97. The third-order valence-corrected chi connectivity index (χ3v) is 5.24. The summed E-state index contributed by atoms with van der Waals surface area (Å²) >= 11 is 0. The van der Waals surface area contributed by atoms with Crippen molar-refractivity contribution in [1.29, 1.82) is 0 Å². The SMILES string of the molecule is COc1ccc(C)c(C(=O)NC2(c3cc(O)cc4nc(C)ccc34)CC2)c1. The average Bonchev–Trinajstić information content (AvgIpc) is 3.41. The third-order valence-electron chi connectivity index (χ3n) is 5.24. The van der Waals surface area contributed by atoms with Crippen LogP contribution in [0.25, 0.3) is 10.9 Å². The summed E-state index contributed by atoms with van der Waals surface area (Å²) in [5, 5.41) is 14.3. The fourth-order valence-corrected chi connectivity index (χ4v) is 3.56. The highest BCUT2D eigenvalue weighted by Crippen LogP contribution is 2.49. The molecule has 1 fully saturated rings. The van der Waals surface area contributed by atoms with Gasteiger partial charge in [0.2, 0.25) is 0 Å². The Kier molecular flexibility index (Phi) is 4.02. The molecule has 0 bridgehead atoms. The molecule has 27 heavy (non-hydrogen) atoms. The number of rotatable bonds is 4. The molecule has 0 aliphatic heterocycles. The third kappa shape index (κ3) is 3.10. The van der Waals surface area contributed by atoms with Gasteiger partial charge < -0.3 is 15.2 Å². The first-order valence-electron chi connectivity index (χ1n) is 9.00. The molecule has 2 N–H and O–H groups in total. The Morgan fingerprint density at radius 3 is 2.63 bits per heavy atom. The number of nitrogens with zero attached hydrogens (tertiary/aromatic N) is 1. The van der Waals surface area contributed by atoms with Crippen molar-refractivity contribution < 1.29 is 14.6 Å². The lowest BCUT2D eigenvalue weighted by Crippen LogP contribution is -2.35. The summed E-state index contributed by atoms with van der Waals surface area (Å²) in [7, 11) is 1.59. The molecule has 5 nitrogen and oxygen atoms in total. The van der Waals surface area contributed by atoms with Gasteiger partial charge in [-0.2, -0.15) is 0 Å². The summed E-state index contributed by atoms with van der Waals surface area (Å²) in [6.45, 7) is 3.83. The molecule has 1 amide bonds. The van der Waals surface area contributed by atoms with Crippen molar-refractivity contribution in [3.63, 3.8) is 0 Å². The minimum atomic E-state index is -0.472. The van der Waals surface area contributed by atoms with E-state index < -0.39 is 5.54 Å². The molecule has 1 aliphatic carbocycles. The van der Waals surface area contributed by atoms with Gasteiger partial charge in [-0.15, -0.1) is 0 Å². The van der Waals surface area contributed by atoms with Gasteiger partial charge in [0, 0.05) is 22.7 Å². The second-order valence-electron chi connectivity index (χ2n) is 7.23. The van der Waals surface area contributed by atoms with Crippen LogP contribution in [0.4, 0.5) is 0 Å². The molecular weight excluding hydrogens is 340 g/mol. The van der Waals surface area contributed by atoms with Crippen LogP contribution in [0.2, 0.25) is 0 Å². The summed E-state index contributed by atoms with van der Waals surface area (Å²) in [5.41, 5.74) is 3.56. The van der Waals surface area contributed by atoms with Gasteiger partial charge in [0.05, 0.1) is 18.2 Å². The molecule has 2 aromatic carbocycles. The highest BCUT2D eigenvalue weighted by atomic mass is 16.5. The van der Waals surface area contributed by atoms with Crippen LogP contribution in [0.15, 0.2) is 42.5 Å². The number of fused-ring (bicyclic) bond motifs is 1. The van der Waals surface area contributed by atoms with Crippen LogP contribution in [0, 0.1) is 13.8 Å². The van der Waals surface area contributed by atoms with Crippen LogP contribution in [0.3, 0.4) is 0 Å². The van der Waals surface area contributed by atoms with Gasteiger partial charge in [0.15, 0.2) is 0 Å². The highest BCUT2D eigenvalue weighted by molar-refractivity contribution is 5.97. The predicted octanol–water partition coefficient (Wildman–Crippen LogP) is 3.98. The molecule has 5 heteroatoms. The molecule has 1 aliphatic rings. The Labute approximate surface area is 158 Å². The number of nitrogens with one attached hydrogen (secondary N) is 1. The summed E-state index contributed by atoms with van der Waals surface area (Å²) < 4.78 is 5.25. The molecule has 0 radical (unpaired) electrons. The zero-order valence-electron chi connectivity index (χ0n) is 15.7. The van der Waals surface area contributed by atoms with E-state index in [9.17, 15) is 9.90 Å². The molecule has 3 aromatic rings. The monoisotopic (exact) mass is 362 g/mol. The van der Waals surface area contributed by atoms with Crippen molar-refractivity contribution in [2.75, 3.05) is 7.11 Å². The molecule has 138 valence electrons. The minimum absolute atomic E-state index is 0.138. The van der Waals surface area contributed by atoms with E-state index in [2.05, 4.69) is 10.3 Å². The number of hydrogen-bond donors (Lipinski definition) is 2. The molecule has 1 heterocycles. The van der Waals surface area contributed by atoms with Crippen molar-refractivity contribution >= 4 is 16.8 Å². The molecule has 0 atom stereocenters. The van der Waals surface area contributed by atoms with E-state index >= 15 is 0 Å². The predicted molar refractivity (Wildman–Crippen MR) is 104 cm³/mol. The normalized spacial score (nSPS) is 14.8. The number of amides is 1. The summed E-state index contributed by atoms with van der Waals surface area (Å²) in [6, 6.07) is 12.8. The van der Waals surface area contributed by atoms with Crippen molar-refractivity contribution in [2.24, 2.45) is 0 Å². The Balaban J connectivity index is 1.73. The Morgan fingerprint density at radius 1 is 1.15 bits per heavy atom. The van der Waals surface area contributed by atoms with Crippen LogP contribution in [-0.4, -0.2) is 23.1 Å². The average molecular weight is 362 g/mol. The molecule has 0 unspecified atom stereocenters. The van der Waals surface area contributed by atoms with Crippen LogP contribution in [-0.2, 0) is 5.54 Å². The Hall–Kier alpha value is -3.08. The maximum Gasteiger partial charge on any atom is 0.252 e. The lowest BCUT2D eigenvalue weighted by Gasteiger charge is -2.21. The maximum absolute atomic E-state index is 13.0. The topological polar surface area (TPSA) is 71.5 Å². The zero-order valence-corrected chi connectivity index (χ0v) is 15.7. The number of carbonyl (C=O) groups is 1. The van der Waals surface area contributed by atoms with Crippen molar-refractivity contribution in [1.82, 2.24) is 10.3 Å². The molecule has 0 saturated heterocycles. The van der Waals surface area contributed by atoms with E-state index in [1.165, 1.54) is 0 Å². The number of pyridine rings is 1. The molecule has 1 aromatic heterocycles. The second kappa shape index (κ2) is 6.27. The standard InChI is InChI=1S/C22H22N2O3/c1-13-4-6-16(27-3)12-18(13)21(26)24-22(8-9-22)19-10-15(25)11-20-17(19)7-5-14(2)23-20/h4-7,10-12,25H,8-9H2,1-3H3,(H,24,26). The van der Waals surface area contributed by atoms with Crippen LogP contribution in [0.1, 0.15) is 40.0 Å². The Bertz CT molecular complexity index is 1050. The van der Waals surface area contributed by atoms with Crippen molar-refractivity contribution in [3.05, 3.63) is 64.8 Å². The molecule has 0 spiro atoms. The number of aromatic nitrogens is 1. The van der Waals surface area contributed by atoms with E-state index in [0.717, 1.165) is 40.6 Å². The number of hydrogen-bond acceptors (Lipinski definition) is 4. The maximum atomic E-state index is 13.0. The van der Waals surface area contributed by atoms with Gasteiger partial charge >= 0.3 is 0 Å². The van der Waals surface area contributed by atoms with Crippen molar-refractivity contribution in [3.8, 4) is 11.5 Å². The van der Waals surface area contributed by atoms with E-state index in [4.69, 9.17) is 4.74 Å². The van der Waals surface area contributed by atoms with Crippen molar-refractivity contribution in [2.45, 2.75) is 32.2 Å². The van der Waals surface area contributed by atoms with Gasteiger partial charge in [-0.1, -0.05) is 12.1 Å². The largest absolute Gasteiger partial charge is 0.508 e. The van der Waals surface area contributed by atoms with Crippen LogP contribution < -0.4 is 10.1 Å². The number of methoxy groups -OCH3 is 1. The fourth-order valence-electron chi connectivity index (χ4n) is 3.56. The zero-order chi connectivity index (χ0) is 19.2. The van der Waals surface area contributed by atoms with Gasteiger partial charge in [0.25, 0.3) is 5.91 Å². The lowest BCUT2D eigenvalue weighted by molar-refractivity contribution is 0.0930. The highest BCUT2D eigenvalue weighted by Gasteiger charge is 2.47. The van der Waals surface area contributed by atoms with E-state index in [-0.39, 0.29) is 11.7 Å². The molecule has 1 saturated carbocycles. The van der Waals surface area contributed by atoms with Gasteiger partial charge in [-0.05, 0) is 62.1 Å². The molecule has 4 rings (SSSR count). The first kappa shape index (κ1) is 17.3. The van der Waals surface area contributed by atoms with Gasteiger partial charge in [0.1, 0.15) is 11.5 Å². The van der Waals surface area contributed by atoms with E-state index in [1.54, 1.807) is 25.3 Å². The number of phenols is 1. The minimum Gasteiger partial charge on any atom is -0.508 e. The van der Waals surface area contributed by atoms with E-state index in [1.807, 2.05) is 38.1 Å². The van der Waals surface area contributed by atoms with Crippen LogP contribution in [0.5, 0.6) is 11.5 Å². The number of benzene rings is 2. The smallest absolute Gasteiger partial charge is 0.252 e. The van der Waals surface area contributed by atoms with Gasteiger partial charge in [-0.25, -0.2) is 0 Å². The first-order chi connectivity index (χ1) is 12.9. The molecular formula is C22H22N2O3. The second-order valence-corrected chi connectivity index (χ2v) is 7.23. The number of ether oxygens (including phenoxy) is 1. The van der Waals surface area contributed by atoms with E-state index in [0.29, 0.717) is 11.3 Å². The number of phenolic OH excluding ortho intramolecular Hbond substituents is 1. The quantitative estimate of drug-likeness (QED) is 0.736. The van der Waals surface area contributed by atoms with Crippen LogP contribution >= 0.6 is 0 Å².